The molecule has 1 aromatic rings. The van der Waals surface area contributed by atoms with Crippen molar-refractivity contribution >= 4 is 16.0 Å². The number of carboxylic acid groups (broad SMARTS) is 1. The predicted octanol–water partition coefficient (Wildman–Crippen LogP) is 1.54. The first-order valence-corrected chi connectivity index (χ1v) is 8.86. The molecule has 1 aliphatic rings. The van der Waals surface area contributed by atoms with Gasteiger partial charge in [-0.25, -0.2) is 17.5 Å². The summed E-state index contributed by atoms with van der Waals surface area (Å²) < 4.78 is 45.7. The van der Waals surface area contributed by atoms with Gasteiger partial charge in [0.05, 0.1) is 10.8 Å². The van der Waals surface area contributed by atoms with Gasteiger partial charge in [-0.15, -0.1) is 0 Å². The maximum atomic E-state index is 13.5. The van der Waals surface area contributed by atoms with Crippen molar-refractivity contribution in [2.24, 2.45) is 11.8 Å². The summed E-state index contributed by atoms with van der Waals surface area (Å²) in [4.78, 5) is 11.3. The van der Waals surface area contributed by atoms with Gasteiger partial charge in [-0.3, -0.25) is 4.79 Å². The molecule has 0 bridgehead atoms. The number of hydrogen-bond donors (Lipinski definition) is 2. The fourth-order valence-electron chi connectivity index (χ4n) is 2.73. The normalized spacial score (nSPS) is 17.8. The van der Waals surface area contributed by atoms with E-state index >= 15 is 0 Å². The third kappa shape index (κ3) is 4.27. The molecule has 6 nitrogen and oxygen atoms in total. The summed E-state index contributed by atoms with van der Waals surface area (Å²) in [6.45, 7) is 2.10. The molecule has 0 amide bonds. The van der Waals surface area contributed by atoms with E-state index in [1.54, 1.807) is 0 Å². The summed E-state index contributed by atoms with van der Waals surface area (Å²) in [6, 6.07) is 3.78. The molecular weight excluding hydrogens is 325 g/mol. The lowest BCUT2D eigenvalue weighted by molar-refractivity contribution is -0.144. The Morgan fingerprint density at radius 1 is 1.43 bits per heavy atom. The van der Waals surface area contributed by atoms with Crippen molar-refractivity contribution in [3.8, 4) is 0 Å². The smallest absolute Gasteiger partial charge is 0.308 e. The minimum absolute atomic E-state index is 0.0120. The highest BCUT2D eigenvalue weighted by molar-refractivity contribution is 7.89. The Morgan fingerprint density at radius 2 is 2.09 bits per heavy atom. The molecule has 8 heteroatoms. The first-order chi connectivity index (χ1) is 10.8. The van der Waals surface area contributed by atoms with Crippen molar-refractivity contribution in [2.45, 2.75) is 24.7 Å². The van der Waals surface area contributed by atoms with Crippen LogP contribution >= 0.6 is 0 Å². The molecule has 2 rings (SSSR count). The average Bonchev–Trinajstić information content (AvgIpc) is 2.50. The SMILES string of the molecule is Cc1c(F)cccc1S(=O)(=O)NCC(C(=O)O)C1CCOCC1. The van der Waals surface area contributed by atoms with Crippen molar-refractivity contribution in [3.05, 3.63) is 29.6 Å². The molecule has 0 aliphatic carbocycles. The van der Waals surface area contributed by atoms with Gasteiger partial charge in [-0.2, -0.15) is 0 Å². The Balaban J connectivity index is 2.13. The van der Waals surface area contributed by atoms with Gasteiger partial charge in [-0.05, 0) is 37.8 Å². The lowest BCUT2D eigenvalue weighted by atomic mass is 9.86. The highest BCUT2D eigenvalue weighted by Gasteiger charge is 2.31. The van der Waals surface area contributed by atoms with E-state index < -0.39 is 27.7 Å². The van der Waals surface area contributed by atoms with Gasteiger partial charge in [0.1, 0.15) is 5.82 Å². The molecule has 1 fully saturated rings. The molecule has 23 heavy (non-hydrogen) atoms. The van der Waals surface area contributed by atoms with Gasteiger partial charge < -0.3 is 9.84 Å². The highest BCUT2D eigenvalue weighted by Crippen LogP contribution is 2.25. The van der Waals surface area contributed by atoms with E-state index in [0.29, 0.717) is 26.1 Å². The summed E-state index contributed by atoms with van der Waals surface area (Å²) >= 11 is 0. The zero-order valence-electron chi connectivity index (χ0n) is 12.8. The maximum Gasteiger partial charge on any atom is 0.308 e. The fraction of sp³-hybridized carbons (Fsp3) is 0.533. The molecule has 1 heterocycles. The van der Waals surface area contributed by atoms with E-state index in [4.69, 9.17) is 4.74 Å². The van der Waals surface area contributed by atoms with E-state index in [1.165, 1.54) is 25.1 Å². The van der Waals surface area contributed by atoms with E-state index in [-0.39, 0.29) is 22.9 Å². The van der Waals surface area contributed by atoms with Crippen LogP contribution in [0.3, 0.4) is 0 Å². The van der Waals surface area contributed by atoms with Crippen LogP contribution in [-0.2, 0) is 19.6 Å². The molecule has 1 unspecified atom stereocenters. The minimum Gasteiger partial charge on any atom is -0.481 e. The lowest BCUT2D eigenvalue weighted by Crippen LogP contribution is -2.39. The molecule has 1 aromatic carbocycles. The van der Waals surface area contributed by atoms with Crippen LogP contribution in [0.4, 0.5) is 4.39 Å². The number of aliphatic carboxylic acids is 1. The second-order valence-electron chi connectivity index (χ2n) is 5.61. The number of nitrogens with one attached hydrogen (secondary N) is 1. The Kier molecular flexibility index (Phi) is 5.72. The van der Waals surface area contributed by atoms with Gasteiger partial charge in [0.15, 0.2) is 0 Å². The monoisotopic (exact) mass is 345 g/mol. The number of rotatable bonds is 6. The number of hydrogen-bond acceptors (Lipinski definition) is 4. The van der Waals surface area contributed by atoms with Crippen LogP contribution in [0.5, 0.6) is 0 Å². The number of carbonyl (C=O) groups is 1. The Bertz CT molecular complexity index is 670. The van der Waals surface area contributed by atoms with Crippen molar-refractivity contribution < 1.29 is 27.4 Å². The van der Waals surface area contributed by atoms with Gasteiger partial charge in [0, 0.05) is 25.3 Å². The van der Waals surface area contributed by atoms with Crippen molar-refractivity contribution in [2.75, 3.05) is 19.8 Å². The summed E-state index contributed by atoms with van der Waals surface area (Å²) in [5.41, 5.74) is 0.0120. The zero-order chi connectivity index (χ0) is 17.0. The van der Waals surface area contributed by atoms with Crippen LogP contribution in [-0.4, -0.2) is 39.3 Å². The Hall–Kier alpha value is -1.51. The van der Waals surface area contributed by atoms with Gasteiger partial charge in [0.2, 0.25) is 10.0 Å². The molecule has 1 atom stereocenters. The number of ether oxygens (including phenoxy) is 1. The second-order valence-corrected chi connectivity index (χ2v) is 7.34. The van der Waals surface area contributed by atoms with Crippen LogP contribution in [0, 0.1) is 24.6 Å². The maximum absolute atomic E-state index is 13.5. The molecular formula is C15H20FNO5S. The quantitative estimate of drug-likeness (QED) is 0.816. The van der Waals surface area contributed by atoms with Crippen LogP contribution in [0.2, 0.25) is 0 Å². The number of carboxylic acids is 1. The topological polar surface area (TPSA) is 92.7 Å². The number of halogens is 1. The summed E-state index contributed by atoms with van der Waals surface area (Å²) in [6.07, 6.45) is 1.16. The predicted molar refractivity (Wildman–Crippen MR) is 81.0 cm³/mol. The highest BCUT2D eigenvalue weighted by atomic mass is 32.2. The van der Waals surface area contributed by atoms with Crippen molar-refractivity contribution in [1.82, 2.24) is 4.72 Å². The molecule has 0 spiro atoms. The summed E-state index contributed by atoms with van der Waals surface area (Å²) in [5.74, 6) is -2.64. The molecule has 1 saturated heterocycles. The van der Waals surface area contributed by atoms with Crippen LogP contribution in [0.15, 0.2) is 23.1 Å². The van der Waals surface area contributed by atoms with E-state index in [2.05, 4.69) is 4.72 Å². The van der Waals surface area contributed by atoms with E-state index in [1.807, 2.05) is 0 Å². The van der Waals surface area contributed by atoms with Crippen molar-refractivity contribution in [1.29, 1.82) is 0 Å². The average molecular weight is 345 g/mol. The Labute approximate surface area is 134 Å². The summed E-state index contributed by atoms with van der Waals surface area (Å²) in [7, 11) is -3.97. The minimum atomic E-state index is -3.97. The third-order valence-corrected chi connectivity index (χ3v) is 5.72. The first kappa shape index (κ1) is 17.8. The molecule has 1 aliphatic heterocycles. The standard InChI is InChI=1S/C15H20FNO5S/c1-10-13(16)3-2-4-14(10)23(20,21)17-9-12(15(18)19)11-5-7-22-8-6-11/h2-4,11-12,17H,5-9H2,1H3,(H,18,19). The van der Waals surface area contributed by atoms with E-state index in [0.717, 1.165) is 0 Å². The molecule has 0 saturated carbocycles. The number of benzene rings is 1. The second kappa shape index (κ2) is 7.37. The van der Waals surface area contributed by atoms with Crippen LogP contribution in [0.1, 0.15) is 18.4 Å². The molecule has 2 N–H and O–H groups in total. The van der Waals surface area contributed by atoms with Crippen molar-refractivity contribution in [3.63, 3.8) is 0 Å². The van der Waals surface area contributed by atoms with Gasteiger partial charge >= 0.3 is 5.97 Å². The summed E-state index contributed by atoms with van der Waals surface area (Å²) in [5, 5.41) is 9.36. The van der Waals surface area contributed by atoms with Crippen LogP contribution < -0.4 is 4.72 Å². The molecule has 0 radical (unpaired) electrons. The van der Waals surface area contributed by atoms with Gasteiger partial charge in [-0.1, -0.05) is 6.07 Å². The third-order valence-electron chi connectivity index (χ3n) is 4.15. The van der Waals surface area contributed by atoms with Gasteiger partial charge in [0.25, 0.3) is 0 Å². The largest absolute Gasteiger partial charge is 0.481 e. The van der Waals surface area contributed by atoms with E-state index in [9.17, 15) is 22.7 Å². The van der Waals surface area contributed by atoms with Crippen LogP contribution in [0.25, 0.3) is 0 Å². The number of sulfonamides is 1. The Morgan fingerprint density at radius 3 is 2.70 bits per heavy atom. The molecule has 0 aromatic heterocycles. The lowest BCUT2D eigenvalue weighted by Gasteiger charge is -2.27. The zero-order valence-corrected chi connectivity index (χ0v) is 13.6. The molecule has 128 valence electrons. The fourth-order valence-corrected chi connectivity index (χ4v) is 4.04. The first-order valence-electron chi connectivity index (χ1n) is 7.38.